The maximum Gasteiger partial charge on any atom is 0.224 e. The normalized spacial score (nSPS) is 10.6. The molecule has 0 fully saturated rings. The lowest BCUT2D eigenvalue weighted by Crippen LogP contribution is -2.26. The molecule has 0 aliphatic heterocycles. The van der Waals surface area contributed by atoms with Gasteiger partial charge in [-0.1, -0.05) is 6.07 Å². The first-order valence-electron chi connectivity index (χ1n) is 8.88. The third-order valence-electron chi connectivity index (χ3n) is 3.75. The number of hydrogen-bond donors (Lipinski definition) is 1. The molecule has 6 nitrogen and oxygen atoms in total. The van der Waals surface area contributed by atoms with Crippen molar-refractivity contribution in [1.29, 1.82) is 0 Å². The highest BCUT2D eigenvalue weighted by Crippen LogP contribution is 2.28. The SMILES string of the molecule is CCOc1ccc(CC(=O)NCCCn2cc(Br)c(C)n2)cc1OCC. The molecule has 2 rings (SSSR count). The summed E-state index contributed by atoms with van der Waals surface area (Å²) in [6.07, 6.45) is 3.10. The Balaban J connectivity index is 1.80. The molecule has 0 saturated heterocycles. The summed E-state index contributed by atoms with van der Waals surface area (Å²) in [6, 6.07) is 5.63. The van der Waals surface area contributed by atoms with Gasteiger partial charge < -0.3 is 14.8 Å². The molecule has 1 heterocycles. The van der Waals surface area contributed by atoms with E-state index in [4.69, 9.17) is 9.47 Å². The van der Waals surface area contributed by atoms with Gasteiger partial charge in [0.2, 0.25) is 5.91 Å². The standard InChI is InChI=1S/C19H26BrN3O3/c1-4-25-17-8-7-15(11-18(17)26-5-2)12-19(24)21-9-6-10-23-13-16(20)14(3)22-23/h7-8,11,13H,4-6,9-10,12H2,1-3H3,(H,21,24). The Kier molecular flexibility index (Phi) is 7.97. The maximum atomic E-state index is 12.1. The number of benzene rings is 1. The lowest BCUT2D eigenvalue weighted by atomic mass is 10.1. The molecule has 0 aliphatic rings. The molecule has 0 atom stereocenters. The van der Waals surface area contributed by atoms with Crippen LogP contribution in [0.15, 0.2) is 28.9 Å². The van der Waals surface area contributed by atoms with Gasteiger partial charge in [0.15, 0.2) is 11.5 Å². The predicted octanol–water partition coefficient (Wildman–Crippen LogP) is 3.50. The molecule has 2 aromatic rings. The zero-order valence-corrected chi connectivity index (χ0v) is 17.1. The second kappa shape index (κ2) is 10.2. The van der Waals surface area contributed by atoms with Gasteiger partial charge in [-0.05, 0) is 60.8 Å². The number of ether oxygens (including phenoxy) is 2. The number of nitrogens with zero attached hydrogens (tertiary/aromatic N) is 2. The van der Waals surface area contributed by atoms with Crippen LogP contribution in [0.25, 0.3) is 0 Å². The summed E-state index contributed by atoms with van der Waals surface area (Å²) in [6.45, 7) is 8.32. The molecule has 0 spiro atoms. The fourth-order valence-electron chi connectivity index (χ4n) is 2.53. The van der Waals surface area contributed by atoms with Crippen molar-refractivity contribution in [3.05, 3.63) is 40.1 Å². The molecular weight excluding hydrogens is 398 g/mol. The van der Waals surface area contributed by atoms with Crippen LogP contribution >= 0.6 is 15.9 Å². The molecule has 26 heavy (non-hydrogen) atoms. The number of hydrogen-bond acceptors (Lipinski definition) is 4. The number of amides is 1. The lowest BCUT2D eigenvalue weighted by Gasteiger charge is -2.12. The zero-order valence-electron chi connectivity index (χ0n) is 15.5. The van der Waals surface area contributed by atoms with Crippen molar-refractivity contribution < 1.29 is 14.3 Å². The summed E-state index contributed by atoms with van der Waals surface area (Å²) >= 11 is 3.44. The lowest BCUT2D eigenvalue weighted by molar-refractivity contribution is -0.120. The Bertz CT molecular complexity index is 711. The second-order valence-corrected chi connectivity index (χ2v) is 6.71. The highest BCUT2D eigenvalue weighted by molar-refractivity contribution is 9.10. The van der Waals surface area contributed by atoms with Crippen molar-refractivity contribution in [3.63, 3.8) is 0 Å². The number of aryl methyl sites for hydroxylation is 2. The molecule has 1 aromatic heterocycles. The summed E-state index contributed by atoms with van der Waals surface area (Å²) in [7, 11) is 0. The molecule has 1 aromatic carbocycles. The molecule has 1 amide bonds. The monoisotopic (exact) mass is 423 g/mol. The van der Waals surface area contributed by atoms with Crippen LogP contribution < -0.4 is 14.8 Å². The van der Waals surface area contributed by atoms with Gasteiger partial charge in [-0.25, -0.2) is 0 Å². The molecule has 0 unspecified atom stereocenters. The number of rotatable bonds is 10. The molecule has 7 heteroatoms. The Morgan fingerprint density at radius 2 is 1.96 bits per heavy atom. The minimum Gasteiger partial charge on any atom is -0.490 e. The van der Waals surface area contributed by atoms with E-state index in [9.17, 15) is 4.79 Å². The summed E-state index contributed by atoms with van der Waals surface area (Å²) < 4.78 is 14.0. The van der Waals surface area contributed by atoms with Crippen LogP contribution in [0.2, 0.25) is 0 Å². The fourth-order valence-corrected chi connectivity index (χ4v) is 2.85. The average Bonchev–Trinajstić information content (AvgIpc) is 2.92. The molecule has 0 radical (unpaired) electrons. The summed E-state index contributed by atoms with van der Waals surface area (Å²) in [4.78, 5) is 12.1. The highest BCUT2D eigenvalue weighted by atomic mass is 79.9. The van der Waals surface area contributed by atoms with Crippen LogP contribution in [-0.4, -0.2) is 35.4 Å². The first-order valence-corrected chi connectivity index (χ1v) is 9.67. The minimum absolute atomic E-state index is 0.00515. The predicted molar refractivity (Wildman–Crippen MR) is 105 cm³/mol. The van der Waals surface area contributed by atoms with Gasteiger partial charge in [-0.15, -0.1) is 0 Å². The van der Waals surface area contributed by atoms with Gasteiger partial charge >= 0.3 is 0 Å². The van der Waals surface area contributed by atoms with Gasteiger partial charge in [0.05, 0.1) is 29.8 Å². The fraction of sp³-hybridized carbons (Fsp3) is 0.474. The maximum absolute atomic E-state index is 12.1. The van der Waals surface area contributed by atoms with Gasteiger partial charge in [-0.3, -0.25) is 9.48 Å². The van der Waals surface area contributed by atoms with Crippen molar-refractivity contribution in [3.8, 4) is 11.5 Å². The Labute approximate surface area is 163 Å². The summed E-state index contributed by atoms with van der Waals surface area (Å²) in [5.74, 6) is 1.38. The average molecular weight is 424 g/mol. The van der Waals surface area contributed by atoms with E-state index in [-0.39, 0.29) is 5.91 Å². The smallest absolute Gasteiger partial charge is 0.224 e. The topological polar surface area (TPSA) is 65.4 Å². The zero-order chi connectivity index (χ0) is 18.9. The van der Waals surface area contributed by atoms with Crippen LogP contribution in [0.4, 0.5) is 0 Å². The number of carbonyl (C=O) groups is 1. The van der Waals surface area contributed by atoms with E-state index in [1.807, 2.05) is 49.8 Å². The Hall–Kier alpha value is -2.02. The number of nitrogens with one attached hydrogen (secondary N) is 1. The first-order chi connectivity index (χ1) is 12.5. The third-order valence-corrected chi connectivity index (χ3v) is 4.52. The van der Waals surface area contributed by atoms with E-state index in [1.165, 1.54) is 0 Å². The molecule has 0 bridgehead atoms. The highest BCUT2D eigenvalue weighted by Gasteiger charge is 2.09. The Morgan fingerprint density at radius 1 is 1.23 bits per heavy atom. The van der Waals surface area contributed by atoms with Crippen LogP contribution in [0.1, 0.15) is 31.5 Å². The first kappa shape index (κ1) is 20.3. The minimum atomic E-state index is -0.00515. The quantitative estimate of drug-likeness (QED) is 0.593. The number of carbonyl (C=O) groups excluding carboxylic acids is 1. The van der Waals surface area contributed by atoms with E-state index in [1.54, 1.807) is 0 Å². The third kappa shape index (κ3) is 6.05. The molecular formula is C19H26BrN3O3. The summed E-state index contributed by atoms with van der Waals surface area (Å²) in [5.41, 5.74) is 1.87. The van der Waals surface area contributed by atoms with E-state index < -0.39 is 0 Å². The van der Waals surface area contributed by atoms with Crippen molar-refractivity contribution >= 4 is 21.8 Å². The Morgan fingerprint density at radius 3 is 2.62 bits per heavy atom. The molecule has 142 valence electrons. The van der Waals surface area contributed by atoms with Crippen molar-refractivity contribution in [2.45, 2.75) is 40.2 Å². The molecule has 0 saturated carbocycles. The van der Waals surface area contributed by atoms with Gasteiger partial charge in [0.25, 0.3) is 0 Å². The van der Waals surface area contributed by atoms with Crippen LogP contribution in [-0.2, 0) is 17.8 Å². The molecule has 0 aliphatic carbocycles. The van der Waals surface area contributed by atoms with E-state index in [2.05, 4.69) is 26.3 Å². The van der Waals surface area contributed by atoms with Crippen LogP contribution in [0, 0.1) is 6.92 Å². The van der Waals surface area contributed by atoms with Gasteiger partial charge in [-0.2, -0.15) is 5.10 Å². The second-order valence-electron chi connectivity index (χ2n) is 5.85. The summed E-state index contributed by atoms with van der Waals surface area (Å²) in [5, 5.41) is 7.33. The van der Waals surface area contributed by atoms with Crippen LogP contribution in [0.3, 0.4) is 0 Å². The van der Waals surface area contributed by atoms with Crippen LogP contribution in [0.5, 0.6) is 11.5 Å². The van der Waals surface area contributed by atoms with E-state index >= 15 is 0 Å². The van der Waals surface area contributed by atoms with E-state index in [0.29, 0.717) is 37.7 Å². The van der Waals surface area contributed by atoms with Crippen molar-refractivity contribution in [2.24, 2.45) is 0 Å². The largest absolute Gasteiger partial charge is 0.490 e. The van der Waals surface area contributed by atoms with Crippen molar-refractivity contribution in [2.75, 3.05) is 19.8 Å². The van der Waals surface area contributed by atoms with Gasteiger partial charge in [0, 0.05) is 19.3 Å². The van der Waals surface area contributed by atoms with Gasteiger partial charge in [0.1, 0.15) is 0 Å². The number of aromatic nitrogens is 2. The van der Waals surface area contributed by atoms with Crippen molar-refractivity contribution in [1.82, 2.24) is 15.1 Å². The molecule has 1 N–H and O–H groups in total. The number of halogens is 1. The van der Waals surface area contributed by atoms with E-state index in [0.717, 1.165) is 28.7 Å².